The zero-order chi connectivity index (χ0) is 19.8. The Balaban J connectivity index is 1.41. The smallest absolute Gasteiger partial charge is 0.325 e. The molecule has 3 aromatic rings. The minimum atomic E-state index is -0.469. The molecule has 0 atom stereocenters. The molecule has 7 heteroatoms. The molecule has 0 aliphatic heterocycles. The summed E-state index contributed by atoms with van der Waals surface area (Å²) in [7, 11) is 0. The molecule has 0 saturated carbocycles. The number of thiazole rings is 1. The van der Waals surface area contributed by atoms with E-state index in [0.29, 0.717) is 5.56 Å². The van der Waals surface area contributed by atoms with Gasteiger partial charge in [0.2, 0.25) is 0 Å². The van der Waals surface area contributed by atoms with Gasteiger partial charge in [-0.1, -0.05) is 54.2 Å². The molecule has 28 heavy (non-hydrogen) atoms. The summed E-state index contributed by atoms with van der Waals surface area (Å²) in [5.41, 5.74) is 3.55. The Labute approximate surface area is 172 Å². The first-order valence-electron chi connectivity index (χ1n) is 8.72. The summed E-state index contributed by atoms with van der Waals surface area (Å²) in [4.78, 5) is 28.4. The average Bonchev–Trinajstić information content (AvgIpc) is 3.15. The predicted octanol–water partition coefficient (Wildman–Crippen LogP) is 4.22. The van der Waals surface area contributed by atoms with Crippen molar-refractivity contribution in [3.05, 3.63) is 82.4 Å². The second-order valence-corrected chi connectivity index (χ2v) is 8.15. The van der Waals surface area contributed by atoms with E-state index in [1.807, 2.05) is 54.8 Å². The lowest BCUT2D eigenvalue weighted by Gasteiger charge is -2.07. The molecule has 5 nitrogen and oxygen atoms in total. The second kappa shape index (κ2) is 10.1. The number of aromatic nitrogens is 1. The maximum Gasteiger partial charge on any atom is 0.325 e. The van der Waals surface area contributed by atoms with Crippen LogP contribution in [0.5, 0.6) is 0 Å². The number of nitrogens with zero attached hydrogens (tertiary/aromatic N) is 1. The van der Waals surface area contributed by atoms with Gasteiger partial charge in [0.25, 0.3) is 5.91 Å². The Morgan fingerprint density at radius 2 is 1.82 bits per heavy atom. The molecule has 0 bridgehead atoms. The SMILES string of the molecule is Cc1csc(SCc2ccc(C(=O)NCC(=O)OCc3ccccc3)cc2)n1. The molecule has 1 aromatic heterocycles. The number of rotatable bonds is 8. The summed E-state index contributed by atoms with van der Waals surface area (Å²) in [5, 5.41) is 4.62. The lowest BCUT2D eigenvalue weighted by Crippen LogP contribution is -2.30. The molecule has 1 N–H and O–H groups in total. The molecule has 0 unspecified atom stereocenters. The van der Waals surface area contributed by atoms with Gasteiger partial charge in [0, 0.05) is 22.4 Å². The molecule has 0 spiro atoms. The van der Waals surface area contributed by atoms with Crippen molar-refractivity contribution >= 4 is 35.0 Å². The fraction of sp³-hybridized carbons (Fsp3) is 0.190. The minimum Gasteiger partial charge on any atom is -0.460 e. The van der Waals surface area contributed by atoms with Gasteiger partial charge in [-0.3, -0.25) is 9.59 Å². The van der Waals surface area contributed by atoms with Gasteiger partial charge in [0.05, 0.1) is 0 Å². The van der Waals surface area contributed by atoms with E-state index >= 15 is 0 Å². The van der Waals surface area contributed by atoms with E-state index in [4.69, 9.17) is 4.74 Å². The predicted molar refractivity (Wildman–Crippen MR) is 111 cm³/mol. The molecular weight excluding hydrogens is 392 g/mol. The van der Waals surface area contributed by atoms with Crippen molar-refractivity contribution in [2.75, 3.05) is 6.54 Å². The first-order chi connectivity index (χ1) is 13.6. The number of thioether (sulfide) groups is 1. The number of amides is 1. The van der Waals surface area contributed by atoms with Gasteiger partial charge in [0.1, 0.15) is 17.5 Å². The molecule has 3 rings (SSSR count). The van der Waals surface area contributed by atoms with Crippen molar-refractivity contribution in [2.45, 2.75) is 23.6 Å². The highest BCUT2D eigenvalue weighted by molar-refractivity contribution is 8.00. The number of hydrogen-bond donors (Lipinski definition) is 1. The van der Waals surface area contributed by atoms with Crippen LogP contribution >= 0.6 is 23.1 Å². The highest BCUT2D eigenvalue weighted by Crippen LogP contribution is 2.26. The van der Waals surface area contributed by atoms with Crippen molar-refractivity contribution in [1.82, 2.24) is 10.3 Å². The maximum atomic E-state index is 12.2. The molecule has 0 radical (unpaired) electrons. The van der Waals surface area contributed by atoms with Crippen LogP contribution in [0.25, 0.3) is 0 Å². The van der Waals surface area contributed by atoms with Gasteiger partial charge in [-0.15, -0.1) is 11.3 Å². The lowest BCUT2D eigenvalue weighted by molar-refractivity contribution is -0.143. The fourth-order valence-corrected chi connectivity index (χ4v) is 4.14. The van der Waals surface area contributed by atoms with E-state index < -0.39 is 5.97 Å². The summed E-state index contributed by atoms with van der Waals surface area (Å²) in [6.07, 6.45) is 0. The van der Waals surface area contributed by atoms with E-state index in [-0.39, 0.29) is 19.1 Å². The molecule has 2 aromatic carbocycles. The number of carbonyl (C=O) groups is 2. The van der Waals surface area contributed by atoms with Crippen molar-refractivity contribution in [3.8, 4) is 0 Å². The Bertz CT molecular complexity index is 924. The van der Waals surface area contributed by atoms with E-state index in [2.05, 4.69) is 10.3 Å². The summed E-state index contributed by atoms with van der Waals surface area (Å²) in [6, 6.07) is 16.8. The highest BCUT2D eigenvalue weighted by Gasteiger charge is 2.09. The van der Waals surface area contributed by atoms with Gasteiger partial charge in [-0.25, -0.2) is 4.98 Å². The third-order valence-electron chi connectivity index (χ3n) is 3.81. The van der Waals surface area contributed by atoms with Crippen LogP contribution in [-0.4, -0.2) is 23.4 Å². The van der Waals surface area contributed by atoms with Crippen molar-refractivity contribution in [3.63, 3.8) is 0 Å². The zero-order valence-corrected chi connectivity index (χ0v) is 17.0. The molecule has 0 fully saturated rings. The van der Waals surface area contributed by atoms with Gasteiger partial charge >= 0.3 is 5.97 Å². The molecule has 1 heterocycles. The Morgan fingerprint density at radius 1 is 1.07 bits per heavy atom. The van der Waals surface area contributed by atoms with Crippen molar-refractivity contribution < 1.29 is 14.3 Å². The molecular formula is C21H20N2O3S2. The summed E-state index contributed by atoms with van der Waals surface area (Å²) < 4.78 is 6.18. The standard InChI is InChI=1S/C21H20N2O3S2/c1-15-13-27-21(23-15)28-14-17-7-9-18(10-8-17)20(25)22-11-19(24)26-12-16-5-3-2-4-6-16/h2-10,13H,11-12,14H2,1H3,(H,22,25). The molecule has 0 aliphatic carbocycles. The number of hydrogen-bond acceptors (Lipinski definition) is 6. The number of aryl methyl sites for hydroxylation is 1. The Kier molecular flexibility index (Phi) is 7.22. The van der Waals surface area contributed by atoms with Gasteiger partial charge in [-0.05, 0) is 30.2 Å². The van der Waals surface area contributed by atoms with Gasteiger partial charge < -0.3 is 10.1 Å². The van der Waals surface area contributed by atoms with Crippen molar-refractivity contribution in [2.24, 2.45) is 0 Å². The number of carbonyl (C=O) groups excluding carboxylic acids is 2. The van der Waals surface area contributed by atoms with E-state index in [9.17, 15) is 9.59 Å². The first kappa shape index (κ1) is 20.1. The van der Waals surface area contributed by atoms with Crippen molar-refractivity contribution in [1.29, 1.82) is 0 Å². The fourth-order valence-electron chi connectivity index (χ4n) is 2.34. The Morgan fingerprint density at radius 3 is 2.50 bits per heavy atom. The van der Waals surface area contributed by atoms with E-state index in [0.717, 1.165) is 26.9 Å². The normalized spacial score (nSPS) is 10.5. The Hall–Kier alpha value is -2.64. The van der Waals surface area contributed by atoms with Crippen LogP contribution in [0.2, 0.25) is 0 Å². The minimum absolute atomic E-state index is 0.160. The number of esters is 1. The second-order valence-electron chi connectivity index (χ2n) is 6.07. The number of benzene rings is 2. The van der Waals surface area contributed by atoms with Crippen LogP contribution in [0, 0.1) is 6.92 Å². The third-order valence-corrected chi connectivity index (χ3v) is 6.02. The lowest BCUT2D eigenvalue weighted by atomic mass is 10.1. The average molecular weight is 413 g/mol. The summed E-state index contributed by atoms with van der Waals surface area (Å²) in [5.74, 6) is 0.0242. The van der Waals surface area contributed by atoms with E-state index in [1.54, 1.807) is 35.2 Å². The largest absolute Gasteiger partial charge is 0.460 e. The molecule has 1 amide bonds. The summed E-state index contributed by atoms with van der Waals surface area (Å²) in [6.45, 7) is 2.01. The molecule has 0 saturated heterocycles. The van der Waals surface area contributed by atoms with Crippen LogP contribution in [0.15, 0.2) is 64.3 Å². The van der Waals surface area contributed by atoms with E-state index in [1.165, 1.54) is 0 Å². The highest BCUT2D eigenvalue weighted by atomic mass is 32.2. The van der Waals surface area contributed by atoms with Crippen LogP contribution in [0.3, 0.4) is 0 Å². The third kappa shape index (κ3) is 6.21. The van der Waals surface area contributed by atoms with Crippen LogP contribution in [-0.2, 0) is 21.9 Å². The maximum absolute atomic E-state index is 12.2. The van der Waals surface area contributed by atoms with Crippen LogP contribution < -0.4 is 5.32 Å². The zero-order valence-electron chi connectivity index (χ0n) is 15.4. The van der Waals surface area contributed by atoms with Crippen LogP contribution in [0.1, 0.15) is 27.2 Å². The molecule has 144 valence electrons. The van der Waals surface area contributed by atoms with Crippen LogP contribution in [0.4, 0.5) is 0 Å². The number of ether oxygens (including phenoxy) is 1. The monoisotopic (exact) mass is 412 g/mol. The number of nitrogens with one attached hydrogen (secondary N) is 1. The quantitative estimate of drug-likeness (QED) is 0.443. The topological polar surface area (TPSA) is 68.3 Å². The van der Waals surface area contributed by atoms with Gasteiger partial charge in [0.15, 0.2) is 0 Å². The summed E-state index contributed by atoms with van der Waals surface area (Å²) >= 11 is 3.30. The molecule has 0 aliphatic rings. The first-order valence-corrected chi connectivity index (χ1v) is 10.6. The van der Waals surface area contributed by atoms with Gasteiger partial charge in [-0.2, -0.15) is 0 Å².